The van der Waals surface area contributed by atoms with Gasteiger partial charge in [-0.2, -0.15) is 0 Å². The minimum Gasteiger partial charge on any atom is -0.313 e. The van der Waals surface area contributed by atoms with Gasteiger partial charge in [0.15, 0.2) is 0 Å². The number of fused-ring (bicyclic) bond motifs is 3. The van der Waals surface area contributed by atoms with Crippen LogP contribution in [0.4, 0.5) is 0 Å². The molecule has 0 radical (unpaired) electrons. The van der Waals surface area contributed by atoms with Crippen molar-refractivity contribution in [2.75, 3.05) is 7.05 Å². The molecule has 0 heterocycles. The van der Waals surface area contributed by atoms with Crippen LogP contribution in [0.3, 0.4) is 0 Å². The van der Waals surface area contributed by atoms with Crippen molar-refractivity contribution >= 4 is 0 Å². The van der Waals surface area contributed by atoms with Crippen molar-refractivity contribution in [2.24, 2.45) is 11.8 Å². The van der Waals surface area contributed by atoms with E-state index in [1.54, 1.807) is 11.1 Å². The minimum absolute atomic E-state index is 0.493. The molecule has 4 rings (SSSR count). The zero-order chi connectivity index (χ0) is 14.4. The minimum atomic E-state index is 0.493. The molecule has 2 aromatic carbocycles. The van der Waals surface area contributed by atoms with Crippen molar-refractivity contribution in [3.8, 4) is 0 Å². The highest BCUT2D eigenvalue weighted by Gasteiger charge is 2.56. The summed E-state index contributed by atoms with van der Waals surface area (Å²) < 4.78 is 0. The molecule has 1 saturated carbocycles. The maximum Gasteiger partial charge on any atom is 0.0357 e. The van der Waals surface area contributed by atoms with Gasteiger partial charge in [-0.15, -0.1) is 0 Å². The van der Waals surface area contributed by atoms with Crippen molar-refractivity contribution in [1.29, 1.82) is 0 Å². The van der Waals surface area contributed by atoms with Crippen molar-refractivity contribution in [2.45, 2.75) is 31.7 Å². The van der Waals surface area contributed by atoms with Crippen molar-refractivity contribution in [3.63, 3.8) is 0 Å². The van der Waals surface area contributed by atoms with Crippen LogP contribution in [0.5, 0.6) is 0 Å². The van der Waals surface area contributed by atoms with E-state index in [-0.39, 0.29) is 0 Å². The lowest BCUT2D eigenvalue weighted by atomic mass is 9.92. The Bertz CT molecular complexity index is 660. The van der Waals surface area contributed by atoms with E-state index in [4.69, 9.17) is 0 Å². The zero-order valence-corrected chi connectivity index (χ0v) is 12.8. The predicted molar refractivity (Wildman–Crippen MR) is 87.5 cm³/mol. The topological polar surface area (TPSA) is 12.0 Å². The van der Waals surface area contributed by atoms with Gasteiger partial charge in [0, 0.05) is 6.04 Å². The summed E-state index contributed by atoms with van der Waals surface area (Å²) in [5, 5.41) is 3.61. The van der Waals surface area contributed by atoms with Crippen LogP contribution in [0.15, 0.2) is 48.5 Å². The van der Waals surface area contributed by atoms with Crippen molar-refractivity contribution in [3.05, 3.63) is 70.8 Å². The van der Waals surface area contributed by atoms with Gasteiger partial charge in [-0.1, -0.05) is 48.5 Å². The SMILES string of the molecule is CNC(c1ccccc1C)C1C2CCc3ccccc3C21. The summed E-state index contributed by atoms with van der Waals surface area (Å²) in [6.45, 7) is 2.24. The summed E-state index contributed by atoms with van der Waals surface area (Å²) in [6.07, 6.45) is 2.62. The van der Waals surface area contributed by atoms with Crippen LogP contribution in [0, 0.1) is 18.8 Å². The van der Waals surface area contributed by atoms with Crippen LogP contribution in [-0.2, 0) is 6.42 Å². The van der Waals surface area contributed by atoms with Gasteiger partial charge in [0.25, 0.3) is 0 Å². The normalized spacial score (nSPS) is 27.6. The molecule has 2 aliphatic carbocycles. The third-order valence-corrected chi connectivity index (χ3v) is 5.61. The highest BCUT2D eigenvalue weighted by molar-refractivity contribution is 5.42. The van der Waals surface area contributed by atoms with E-state index in [1.807, 2.05) is 0 Å². The number of aryl methyl sites for hydroxylation is 2. The van der Waals surface area contributed by atoms with E-state index in [0.717, 1.165) is 17.8 Å². The van der Waals surface area contributed by atoms with Crippen LogP contribution in [0.1, 0.15) is 40.6 Å². The average Bonchev–Trinajstić information content (AvgIpc) is 3.25. The Balaban J connectivity index is 1.68. The first-order valence-corrected chi connectivity index (χ1v) is 8.12. The maximum absolute atomic E-state index is 3.61. The van der Waals surface area contributed by atoms with Gasteiger partial charge < -0.3 is 5.32 Å². The first-order valence-electron chi connectivity index (χ1n) is 8.12. The number of hydrogen-bond acceptors (Lipinski definition) is 1. The predicted octanol–water partition coefficient (Wildman–Crippen LogP) is 4.23. The highest BCUT2D eigenvalue weighted by Crippen LogP contribution is 2.64. The highest BCUT2D eigenvalue weighted by atomic mass is 14.9. The Kier molecular flexibility index (Phi) is 3.11. The number of nitrogens with one attached hydrogen (secondary N) is 1. The summed E-state index contributed by atoms with van der Waals surface area (Å²) in [6, 6.07) is 18.4. The lowest BCUT2D eigenvalue weighted by Crippen LogP contribution is -2.20. The Labute approximate surface area is 127 Å². The zero-order valence-electron chi connectivity index (χ0n) is 12.8. The fraction of sp³-hybridized carbons (Fsp3) is 0.400. The van der Waals surface area contributed by atoms with E-state index < -0.39 is 0 Å². The third kappa shape index (κ3) is 2.03. The molecule has 21 heavy (non-hydrogen) atoms. The second kappa shape index (κ2) is 4.99. The van der Waals surface area contributed by atoms with Gasteiger partial charge in [0.05, 0.1) is 0 Å². The molecule has 4 atom stereocenters. The standard InChI is InChI=1S/C20H23N/c1-13-7-3-5-9-15(13)20(21-2)19-17-12-11-14-8-4-6-10-16(14)18(17)19/h3-10,17-21H,11-12H2,1-2H3. The Morgan fingerprint density at radius 3 is 2.62 bits per heavy atom. The molecule has 1 N–H and O–H groups in total. The molecule has 108 valence electrons. The largest absolute Gasteiger partial charge is 0.313 e. The summed E-state index contributed by atoms with van der Waals surface area (Å²) in [7, 11) is 2.12. The lowest BCUT2D eigenvalue weighted by molar-refractivity contribution is 0.483. The van der Waals surface area contributed by atoms with Gasteiger partial charge >= 0.3 is 0 Å². The van der Waals surface area contributed by atoms with E-state index in [9.17, 15) is 0 Å². The molecular formula is C20H23N. The number of rotatable bonds is 3. The van der Waals surface area contributed by atoms with E-state index in [1.165, 1.54) is 24.0 Å². The number of hydrogen-bond donors (Lipinski definition) is 1. The number of benzene rings is 2. The lowest BCUT2D eigenvalue weighted by Gasteiger charge is -2.19. The van der Waals surface area contributed by atoms with Gasteiger partial charge in [-0.25, -0.2) is 0 Å². The molecule has 2 aromatic rings. The maximum atomic E-state index is 3.61. The van der Waals surface area contributed by atoms with Crippen LogP contribution < -0.4 is 5.32 Å². The molecule has 0 spiro atoms. The molecule has 2 aliphatic rings. The van der Waals surface area contributed by atoms with Crippen LogP contribution in [0.25, 0.3) is 0 Å². The Morgan fingerprint density at radius 2 is 1.81 bits per heavy atom. The molecule has 0 aromatic heterocycles. The molecule has 1 fully saturated rings. The van der Waals surface area contributed by atoms with Gasteiger partial charge in [-0.3, -0.25) is 0 Å². The molecule has 1 heteroatoms. The van der Waals surface area contributed by atoms with E-state index in [2.05, 4.69) is 67.8 Å². The monoisotopic (exact) mass is 277 g/mol. The average molecular weight is 277 g/mol. The van der Waals surface area contributed by atoms with Crippen LogP contribution >= 0.6 is 0 Å². The fourth-order valence-electron chi connectivity index (χ4n) is 4.57. The summed E-state index contributed by atoms with van der Waals surface area (Å²) >= 11 is 0. The Hall–Kier alpha value is -1.60. The first-order chi connectivity index (χ1) is 10.3. The smallest absolute Gasteiger partial charge is 0.0357 e. The molecule has 0 bridgehead atoms. The second-order valence-corrected chi connectivity index (χ2v) is 6.63. The second-order valence-electron chi connectivity index (χ2n) is 6.63. The van der Waals surface area contributed by atoms with E-state index in [0.29, 0.717) is 6.04 Å². The fourth-order valence-corrected chi connectivity index (χ4v) is 4.57. The quantitative estimate of drug-likeness (QED) is 0.885. The van der Waals surface area contributed by atoms with Crippen LogP contribution in [0.2, 0.25) is 0 Å². The molecule has 0 amide bonds. The summed E-state index contributed by atoms with van der Waals surface area (Å²) in [5.41, 5.74) is 6.10. The van der Waals surface area contributed by atoms with Gasteiger partial charge in [0.1, 0.15) is 0 Å². The Morgan fingerprint density at radius 1 is 1.05 bits per heavy atom. The van der Waals surface area contributed by atoms with Crippen molar-refractivity contribution in [1.82, 2.24) is 5.32 Å². The molecule has 1 nitrogen and oxygen atoms in total. The van der Waals surface area contributed by atoms with Gasteiger partial charge in [-0.05, 0) is 66.8 Å². The van der Waals surface area contributed by atoms with Gasteiger partial charge in [0.2, 0.25) is 0 Å². The summed E-state index contributed by atoms with van der Waals surface area (Å²) in [5.74, 6) is 2.41. The summed E-state index contributed by atoms with van der Waals surface area (Å²) in [4.78, 5) is 0. The molecule has 0 saturated heterocycles. The third-order valence-electron chi connectivity index (χ3n) is 5.61. The molecular weight excluding hydrogens is 254 g/mol. The molecule has 4 unspecified atom stereocenters. The van der Waals surface area contributed by atoms with E-state index >= 15 is 0 Å². The van der Waals surface area contributed by atoms with Crippen molar-refractivity contribution < 1.29 is 0 Å². The molecule has 0 aliphatic heterocycles. The van der Waals surface area contributed by atoms with Crippen LogP contribution in [-0.4, -0.2) is 7.05 Å². The first kappa shape index (κ1) is 13.1.